The Morgan fingerprint density at radius 3 is 2.19 bits per heavy atom. The molecule has 37 heavy (non-hydrogen) atoms. The van der Waals surface area contributed by atoms with Gasteiger partial charge < -0.3 is 19.2 Å². The Bertz CT molecular complexity index is 1270. The number of hydrogen-bond donors (Lipinski definition) is 2. The molecule has 0 aliphatic rings. The maximum atomic E-state index is 14.2. The lowest BCUT2D eigenvalue weighted by molar-refractivity contribution is -0.910. The van der Waals surface area contributed by atoms with E-state index >= 15 is 0 Å². The first-order valence-electron chi connectivity index (χ1n) is 13.0. The molecule has 0 radical (unpaired) electrons. The zero-order chi connectivity index (χ0) is 27.3. The number of rotatable bonds is 11. The van der Waals surface area contributed by atoms with E-state index in [9.17, 15) is 23.1 Å². The molecule has 0 unspecified atom stereocenters. The molecule has 1 aromatic heterocycles. The van der Waals surface area contributed by atoms with Crippen molar-refractivity contribution in [2.75, 3.05) is 13.1 Å². The summed E-state index contributed by atoms with van der Waals surface area (Å²) < 4.78 is 53.6. The van der Waals surface area contributed by atoms with Crippen LogP contribution in [0.2, 0.25) is 0 Å². The van der Waals surface area contributed by atoms with E-state index < -0.39 is 23.1 Å². The van der Waals surface area contributed by atoms with Crippen molar-refractivity contribution in [1.29, 1.82) is 0 Å². The SMILES string of the molecule is CCCCCCc1cc2c(=O)c(Oc3cc(C)cc(C)c3)c(C(F)(F)F)oc2c(C[NH+](CC)CC)c1O. The van der Waals surface area contributed by atoms with Crippen LogP contribution in [0, 0.1) is 13.8 Å². The largest absolute Gasteiger partial charge is 0.507 e. The van der Waals surface area contributed by atoms with Gasteiger partial charge in [0.1, 0.15) is 18.0 Å². The molecule has 0 atom stereocenters. The van der Waals surface area contributed by atoms with E-state index in [-0.39, 0.29) is 34.6 Å². The van der Waals surface area contributed by atoms with Crippen molar-refractivity contribution in [2.45, 2.75) is 79.4 Å². The number of phenols is 1. The third kappa shape index (κ3) is 6.66. The summed E-state index contributed by atoms with van der Waals surface area (Å²) in [5, 5.41) is 11.1. The highest BCUT2D eigenvalue weighted by Crippen LogP contribution is 2.41. The van der Waals surface area contributed by atoms with E-state index in [4.69, 9.17) is 9.15 Å². The van der Waals surface area contributed by atoms with Crippen LogP contribution in [0.4, 0.5) is 13.2 Å². The summed E-state index contributed by atoms with van der Waals surface area (Å²) in [5.41, 5.74) is 1.20. The fourth-order valence-corrected chi connectivity index (χ4v) is 4.67. The van der Waals surface area contributed by atoms with E-state index in [1.807, 2.05) is 19.9 Å². The topological polar surface area (TPSA) is 64.1 Å². The van der Waals surface area contributed by atoms with Gasteiger partial charge in [-0.15, -0.1) is 0 Å². The molecule has 0 spiro atoms. The van der Waals surface area contributed by atoms with Gasteiger partial charge in [-0.3, -0.25) is 4.79 Å². The van der Waals surface area contributed by atoms with Crippen LogP contribution in [-0.2, 0) is 19.1 Å². The van der Waals surface area contributed by atoms with Crippen molar-refractivity contribution in [3.05, 3.63) is 62.5 Å². The molecule has 2 aromatic carbocycles. The van der Waals surface area contributed by atoms with Gasteiger partial charge in [0.2, 0.25) is 11.2 Å². The summed E-state index contributed by atoms with van der Waals surface area (Å²) in [6.07, 6.45) is -0.639. The van der Waals surface area contributed by atoms with Gasteiger partial charge in [-0.2, -0.15) is 13.2 Å². The Balaban J connectivity index is 2.28. The average molecular weight is 521 g/mol. The number of hydrogen-bond acceptors (Lipinski definition) is 4. The van der Waals surface area contributed by atoms with Crippen molar-refractivity contribution in [2.24, 2.45) is 0 Å². The lowest BCUT2D eigenvalue weighted by Gasteiger charge is -2.20. The summed E-state index contributed by atoms with van der Waals surface area (Å²) in [7, 11) is 0. The van der Waals surface area contributed by atoms with Gasteiger partial charge in [0, 0.05) is 0 Å². The molecule has 0 aliphatic carbocycles. The third-order valence-corrected chi connectivity index (χ3v) is 6.69. The minimum absolute atomic E-state index is 0.0165. The molecule has 8 heteroatoms. The highest BCUT2D eigenvalue weighted by molar-refractivity contribution is 5.85. The van der Waals surface area contributed by atoms with Gasteiger partial charge in [-0.1, -0.05) is 32.3 Å². The number of phenolic OH excluding ortho intramolecular Hbond substituents is 1. The molecule has 0 bridgehead atoms. The molecule has 0 amide bonds. The van der Waals surface area contributed by atoms with Crippen LogP contribution in [-0.4, -0.2) is 18.2 Å². The van der Waals surface area contributed by atoms with E-state index in [1.54, 1.807) is 26.0 Å². The monoisotopic (exact) mass is 520 g/mol. The second-order valence-corrected chi connectivity index (χ2v) is 9.70. The van der Waals surface area contributed by atoms with Crippen molar-refractivity contribution < 1.29 is 32.3 Å². The quantitative estimate of drug-likeness (QED) is 0.284. The maximum Gasteiger partial charge on any atom is 0.453 e. The van der Waals surface area contributed by atoms with E-state index in [0.29, 0.717) is 25.1 Å². The number of halogens is 3. The van der Waals surface area contributed by atoms with Crippen LogP contribution < -0.4 is 15.1 Å². The lowest BCUT2D eigenvalue weighted by Crippen LogP contribution is -3.10. The van der Waals surface area contributed by atoms with Crippen molar-refractivity contribution in [3.8, 4) is 17.2 Å². The Kier molecular flexibility index (Phi) is 9.29. The summed E-state index contributed by atoms with van der Waals surface area (Å²) in [4.78, 5) is 14.6. The maximum absolute atomic E-state index is 14.2. The smallest absolute Gasteiger partial charge is 0.453 e. The number of ether oxygens (including phenoxy) is 1. The summed E-state index contributed by atoms with van der Waals surface area (Å²) >= 11 is 0. The van der Waals surface area contributed by atoms with Crippen LogP contribution in [0.25, 0.3) is 11.0 Å². The van der Waals surface area contributed by atoms with Crippen LogP contribution in [0.3, 0.4) is 0 Å². The van der Waals surface area contributed by atoms with Crippen molar-refractivity contribution >= 4 is 11.0 Å². The fraction of sp³-hybridized carbons (Fsp3) is 0.483. The van der Waals surface area contributed by atoms with Crippen LogP contribution in [0.5, 0.6) is 17.2 Å². The van der Waals surface area contributed by atoms with E-state index in [2.05, 4.69) is 6.92 Å². The molecule has 2 N–H and O–H groups in total. The number of benzene rings is 2. The molecule has 202 valence electrons. The molecule has 0 fully saturated rings. The van der Waals surface area contributed by atoms with Crippen LogP contribution >= 0.6 is 0 Å². The zero-order valence-corrected chi connectivity index (χ0v) is 22.3. The minimum Gasteiger partial charge on any atom is -0.507 e. The molecule has 1 heterocycles. The Hall–Kier alpha value is -3.00. The number of alkyl halides is 3. The van der Waals surface area contributed by atoms with Gasteiger partial charge in [-0.05, 0) is 75.4 Å². The summed E-state index contributed by atoms with van der Waals surface area (Å²) in [6, 6.07) is 6.47. The number of unbranched alkanes of at least 4 members (excludes halogenated alkanes) is 3. The van der Waals surface area contributed by atoms with E-state index in [1.165, 1.54) is 6.07 Å². The Labute approximate surface area is 215 Å². The summed E-state index contributed by atoms with van der Waals surface area (Å²) in [5.74, 6) is -2.37. The van der Waals surface area contributed by atoms with Crippen LogP contribution in [0.15, 0.2) is 33.5 Å². The van der Waals surface area contributed by atoms with Crippen LogP contribution in [0.1, 0.15) is 74.5 Å². The first-order chi connectivity index (χ1) is 17.5. The first kappa shape index (κ1) is 28.6. The van der Waals surface area contributed by atoms with Gasteiger partial charge in [-0.25, -0.2) is 0 Å². The highest BCUT2D eigenvalue weighted by Gasteiger charge is 2.41. The van der Waals surface area contributed by atoms with Crippen molar-refractivity contribution in [1.82, 2.24) is 0 Å². The fourth-order valence-electron chi connectivity index (χ4n) is 4.67. The second-order valence-electron chi connectivity index (χ2n) is 9.70. The minimum atomic E-state index is -4.98. The normalized spacial score (nSPS) is 12.0. The molecular weight excluding hydrogens is 483 g/mol. The highest BCUT2D eigenvalue weighted by atomic mass is 19.4. The molecular formula is C29H37F3NO4+. The van der Waals surface area contributed by atoms with Gasteiger partial charge >= 0.3 is 6.18 Å². The van der Waals surface area contributed by atoms with Gasteiger partial charge in [0.05, 0.1) is 24.0 Å². The standard InChI is InChI=1S/C29H36F3NO4/c1-6-9-10-11-12-20-16-22-25(35)27(36-21-14-18(4)13-19(5)15-21)28(29(30,31)32)37-26(22)23(24(20)34)17-33(7-2)8-3/h13-16,34H,6-12,17H2,1-5H3/p+1. The number of nitrogens with one attached hydrogen (secondary N) is 1. The Morgan fingerprint density at radius 1 is 0.973 bits per heavy atom. The molecule has 3 rings (SSSR count). The van der Waals surface area contributed by atoms with Gasteiger partial charge in [0.25, 0.3) is 5.76 Å². The number of fused-ring (bicyclic) bond motifs is 1. The predicted molar refractivity (Wildman–Crippen MR) is 139 cm³/mol. The third-order valence-electron chi connectivity index (χ3n) is 6.69. The molecule has 5 nitrogen and oxygen atoms in total. The molecule has 0 saturated heterocycles. The van der Waals surface area contributed by atoms with Crippen molar-refractivity contribution in [3.63, 3.8) is 0 Å². The second kappa shape index (κ2) is 12.0. The number of quaternary nitrogens is 1. The zero-order valence-electron chi connectivity index (χ0n) is 22.3. The number of aryl methyl sites for hydroxylation is 3. The summed E-state index contributed by atoms with van der Waals surface area (Å²) in [6.45, 7) is 11.2. The molecule has 0 aliphatic heterocycles. The lowest BCUT2D eigenvalue weighted by atomic mass is 9.98. The predicted octanol–water partition coefficient (Wildman–Crippen LogP) is 6.47. The van der Waals surface area contributed by atoms with Gasteiger partial charge in [0.15, 0.2) is 5.58 Å². The van der Waals surface area contributed by atoms with E-state index in [0.717, 1.165) is 41.7 Å². The number of aromatic hydroxyl groups is 1. The Morgan fingerprint density at radius 2 is 1.62 bits per heavy atom. The average Bonchev–Trinajstić information content (AvgIpc) is 2.82. The first-order valence-corrected chi connectivity index (χ1v) is 13.0. The molecule has 3 aromatic rings. The molecule has 0 saturated carbocycles.